The Morgan fingerprint density at radius 3 is 2.60 bits per heavy atom. The minimum Gasteiger partial charge on any atom is -0.490 e. The van der Waals surface area contributed by atoms with E-state index in [1.807, 2.05) is 37.3 Å². The van der Waals surface area contributed by atoms with Gasteiger partial charge in [0.15, 0.2) is 16.6 Å². The molecular formula is C28H24BrF3N4O3S. The summed E-state index contributed by atoms with van der Waals surface area (Å²) in [6.07, 6.45) is -3.02. The SMILES string of the molecule is CCOc1cc(/C=N\NC(=O)Cc2csc(Nc3cccc(C(F)(F)F)c3)n2)c(Br)cc1OCc1ccccc1. The molecule has 3 aromatic carbocycles. The van der Waals surface area contributed by atoms with Gasteiger partial charge in [0.2, 0.25) is 5.91 Å². The summed E-state index contributed by atoms with van der Waals surface area (Å²) in [6.45, 7) is 2.69. The first-order valence-electron chi connectivity index (χ1n) is 12.0. The maximum absolute atomic E-state index is 12.9. The largest absolute Gasteiger partial charge is 0.490 e. The van der Waals surface area contributed by atoms with E-state index in [1.165, 1.54) is 29.7 Å². The second-order valence-corrected chi connectivity index (χ2v) is 10.1. The third-order valence-corrected chi connectivity index (χ3v) is 6.82. The monoisotopic (exact) mass is 632 g/mol. The highest BCUT2D eigenvalue weighted by atomic mass is 79.9. The molecule has 7 nitrogen and oxygen atoms in total. The Bertz CT molecular complexity index is 1480. The van der Waals surface area contributed by atoms with Crippen LogP contribution in [-0.2, 0) is 24.0 Å². The second kappa shape index (κ2) is 13.4. The van der Waals surface area contributed by atoms with Gasteiger partial charge in [-0.1, -0.05) is 36.4 Å². The summed E-state index contributed by atoms with van der Waals surface area (Å²) in [5.41, 5.74) is 4.08. The molecule has 4 rings (SSSR count). The van der Waals surface area contributed by atoms with Crippen LogP contribution in [0, 0.1) is 0 Å². The highest BCUT2D eigenvalue weighted by molar-refractivity contribution is 9.10. The number of carbonyl (C=O) groups excluding carboxylic acids is 1. The van der Waals surface area contributed by atoms with Crippen LogP contribution in [0.25, 0.3) is 0 Å². The molecule has 0 aliphatic heterocycles. The summed E-state index contributed by atoms with van der Waals surface area (Å²) in [5, 5.41) is 8.89. The number of alkyl halides is 3. The Labute approximate surface area is 241 Å². The van der Waals surface area contributed by atoms with Gasteiger partial charge in [-0.15, -0.1) is 11.3 Å². The van der Waals surface area contributed by atoms with Gasteiger partial charge in [-0.3, -0.25) is 4.79 Å². The minimum atomic E-state index is -4.44. The predicted molar refractivity (Wildman–Crippen MR) is 152 cm³/mol. The lowest BCUT2D eigenvalue weighted by molar-refractivity contribution is -0.137. The molecule has 0 radical (unpaired) electrons. The highest BCUT2D eigenvalue weighted by Gasteiger charge is 2.30. The Morgan fingerprint density at radius 1 is 1.07 bits per heavy atom. The van der Waals surface area contributed by atoms with Crippen molar-refractivity contribution in [2.45, 2.75) is 26.1 Å². The van der Waals surface area contributed by atoms with Crippen LogP contribution < -0.4 is 20.2 Å². The summed E-state index contributed by atoms with van der Waals surface area (Å²) in [7, 11) is 0. The molecule has 0 fully saturated rings. The van der Waals surface area contributed by atoms with Crippen LogP contribution in [-0.4, -0.2) is 23.7 Å². The first-order chi connectivity index (χ1) is 19.2. The Hall–Kier alpha value is -3.90. The number of amides is 1. The maximum Gasteiger partial charge on any atom is 0.416 e. The van der Waals surface area contributed by atoms with Gasteiger partial charge in [-0.25, -0.2) is 10.4 Å². The molecule has 0 saturated carbocycles. The summed E-state index contributed by atoms with van der Waals surface area (Å²) < 4.78 is 51.2. The maximum atomic E-state index is 12.9. The van der Waals surface area contributed by atoms with E-state index in [1.54, 1.807) is 17.5 Å². The zero-order valence-corrected chi connectivity index (χ0v) is 23.6. The van der Waals surface area contributed by atoms with E-state index in [9.17, 15) is 18.0 Å². The van der Waals surface area contributed by atoms with Crippen molar-refractivity contribution >= 4 is 50.2 Å². The first kappa shape index (κ1) is 29.1. The number of anilines is 2. The summed E-state index contributed by atoms with van der Waals surface area (Å²) in [5.74, 6) is 0.700. The number of nitrogens with one attached hydrogen (secondary N) is 2. The van der Waals surface area contributed by atoms with Gasteiger partial charge in [0, 0.05) is 21.1 Å². The van der Waals surface area contributed by atoms with E-state index in [0.717, 1.165) is 17.7 Å². The van der Waals surface area contributed by atoms with E-state index >= 15 is 0 Å². The third-order valence-electron chi connectivity index (χ3n) is 5.33. The van der Waals surface area contributed by atoms with Gasteiger partial charge in [0.25, 0.3) is 0 Å². The van der Waals surface area contributed by atoms with Crippen molar-refractivity contribution in [1.29, 1.82) is 0 Å². The average Bonchev–Trinajstić information content (AvgIpc) is 3.36. The van der Waals surface area contributed by atoms with E-state index in [2.05, 4.69) is 36.8 Å². The molecule has 208 valence electrons. The molecule has 1 heterocycles. The van der Waals surface area contributed by atoms with Gasteiger partial charge in [-0.2, -0.15) is 18.3 Å². The molecule has 12 heteroatoms. The van der Waals surface area contributed by atoms with Crippen molar-refractivity contribution in [3.05, 3.63) is 99.0 Å². The summed E-state index contributed by atoms with van der Waals surface area (Å²) >= 11 is 4.69. The van der Waals surface area contributed by atoms with E-state index < -0.39 is 17.6 Å². The molecule has 0 aliphatic carbocycles. The van der Waals surface area contributed by atoms with E-state index in [-0.39, 0.29) is 12.1 Å². The Morgan fingerprint density at radius 2 is 1.85 bits per heavy atom. The number of thiazole rings is 1. The Balaban J connectivity index is 1.34. The molecule has 1 aromatic heterocycles. The van der Waals surface area contributed by atoms with Crippen LogP contribution in [0.3, 0.4) is 0 Å². The quantitative estimate of drug-likeness (QED) is 0.133. The number of hydrogen-bond donors (Lipinski definition) is 2. The fourth-order valence-electron chi connectivity index (χ4n) is 3.49. The molecule has 0 spiro atoms. The first-order valence-corrected chi connectivity index (χ1v) is 13.7. The van der Waals surface area contributed by atoms with Gasteiger partial charge in [0.05, 0.1) is 30.5 Å². The molecule has 0 unspecified atom stereocenters. The van der Waals surface area contributed by atoms with Crippen molar-refractivity contribution in [3.63, 3.8) is 0 Å². The van der Waals surface area contributed by atoms with Crippen LogP contribution in [0.15, 0.2) is 81.7 Å². The number of rotatable bonds is 11. The highest BCUT2D eigenvalue weighted by Crippen LogP contribution is 2.34. The number of carbonyl (C=O) groups is 1. The number of ether oxygens (including phenoxy) is 2. The third kappa shape index (κ3) is 8.30. The van der Waals surface area contributed by atoms with Crippen LogP contribution in [0.2, 0.25) is 0 Å². The normalized spacial score (nSPS) is 11.4. The van der Waals surface area contributed by atoms with Gasteiger partial charge in [0.1, 0.15) is 6.61 Å². The fourth-order valence-corrected chi connectivity index (χ4v) is 4.64. The summed E-state index contributed by atoms with van der Waals surface area (Å²) in [4.78, 5) is 16.7. The lowest BCUT2D eigenvalue weighted by atomic mass is 10.2. The van der Waals surface area contributed by atoms with Crippen molar-refractivity contribution in [2.75, 3.05) is 11.9 Å². The number of aromatic nitrogens is 1. The molecule has 1 amide bonds. The fraction of sp³-hybridized carbons (Fsp3) is 0.179. The van der Waals surface area contributed by atoms with Crippen molar-refractivity contribution in [3.8, 4) is 11.5 Å². The lowest BCUT2D eigenvalue weighted by Gasteiger charge is -2.14. The molecular weight excluding hydrogens is 609 g/mol. The molecule has 0 atom stereocenters. The number of hydrazone groups is 1. The van der Waals surface area contributed by atoms with Gasteiger partial charge < -0.3 is 14.8 Å². The number of halogens is 4. The lowest BCUT2D eigenvalue weighted by Crippen LogP contribution is -2.20. The number of benzene rings is 3. The van der Waals surface area contributed by atoms with Gasteiger partial charge >= 0.3 is 6.18 Å². The standard InChI is InChI=1S/C28H24BrF3N4O3S/c1-2-38-24-11-19(23(29)14-25(24)39-16-18-7-4-3-5-8-18)15-33-36-26(37)13-22-17-40-27(35-22)34-21-10-6-9-20(12-21)28(30,31)32/h3-12,14-15,17H,2,13,16H2,1H3,(H,34,35)(H,36,37)/b33-15-. The van der Waals surface area contributed by atoms with Crippen molar-refractivity contribution in [2.24, 2.45) is 5.10 Å². The Kier molecular flexibility index (Phi) is 9.78. The predicted octanol–water partition coefficient (Wildman–Crippen LogP) is 7.34. The number of hydrogen-bond acceptors (Lipinski definition) is 7. The van der Waals surface area contributed by atoms with Crippen LogP contribution in [0.5, 0.6) is 11.5 Å². The zero-order valence-electron chi connectivity index (χ0n) is 21.2. The molecule has 0 saturated heterocycles. The van der Waals surface area contributed by atoms with E-state index in [4.69, 9.17) is 9.47 Å². The van der Waals surface area contributed by atoms with Crippen molar-refractivity contribution < 1.29 is 27.4 Å². The van der Waals surface area contributed by atoms with Crippen molar-refractivity contribution in [1.82, 2.24) is 10.4 Å². The molecule has 4 aromatic rings. The zero-order chi connectivity index (χ0) is 28.5. The van der Waals surface area contributed by atoms with Gasteiger partial charge in [-0.05, 0) is 58.7 Å². The topological polar surface area (TPSA) is 84.8 Å². The van der Waals surface area contributed by atoms with Crippen LogP contribution in [0.4, 0.5) is 24.0 Å². The summed E-state index contributed by atoms with van der Waals surface area (Å²) in [6, 6.07) is 18.1. The van der Waals surface area contributed by atoms with Crippen LogP contribution >= 0.6 is 27.3 Å². The van der Waals surface area contributed by atoms with Crippen LogP contribution in [0.1, 0.15) is 29.3 Å². The minimum absolute atomic E-state index is 0.0598. The molecule has 40 heavy (non-hydrogen) atoms. The second-order valence-electron chi connectivity index (χ2n) is 8.35. The molecule has 2 N–H and O–H groups in total. The smallest absolute Gasteiger partial charge is 0.416 e. The number of nitrogens with zero attached hydrogens (tertiary/aromatic N) is 2. The van der Waals surface area contributed by atoms with E-state index in [0.29, 0.717) is 45.6 Å². The molecule has 0 aliphatic rings. The molecule has 0 bridgehead atoms. The average molecular weight is 633 g/mol.